The second kappa shape index (κ2) is 10.2. The minimum atomic E-state index is -3.74. The van der Waals surface area contributed by atoms with E-state index < -0.39 is 27.7 Å². The fourth-order valence-corrected chi connectivity index (χ4v) is 4.58. The van der Waals surface area contributed by atoms with E-state index in [9.17, 15) is 22.4 Å². The lowest BCUT2D eigenvalue weighted by Gasteiger charge is -2.23. The molecule has 0 bridgehead atoms. The highest BCUT2D eigenvalue weighted by molar-refractivity contribution is 7.92. The average Bonchev–Trinajstić information content (AvgIpc) is 3.15. The maximum absolute atomic E-state index is 13.4. The molecule has 0 aliphatic heterocycles. The summed E-state index contributed by atoms with van der Waals surface area (Å²) in [4.78, 5) is 28.0. The number of carbonyl (C=O) groups is 2. The Morgan fingerprint density at radius 1 is 1.21 bits per heavy atom. The molecule has 2 aromatic heterocycles. The standard InChI is InChI=1S/C23H26FN3O6S/c1-4-14-13-17-19(22(30)25-2)20(15-8-10-16(24)11-9-15)33-23(17)26-21(14)27(34(3,31)32)12-6-5-7-18(28)29/h8-11,13H,4-7,12H2,1-3H3,(H,25,30)(H,28,29). The first kappa shape index (κ1) is 25.2. The van der Waals surface area contributed by atoms with E-state index in [2.05, 4.69) is 10.3 Å². The van der Waals surface area contributed by atoms with Crippen LogP contribution in [-0.2, 0) is 21.2 Å². The molecule has 0 aliphatic carbocycles. The Hall–Kier alpha value is -3.47. The van der Waals surface area contributed by atoms with Crippen LogP contribution in [0.4, 0.5) is 10.2 Å². The first-order valence-electron chi connectivity index (χ1n) is 10.7. The first-order valence-corrected chi connectivity index (χ1v) is 12.6. The molecule has 34 heavy (non-hydrogen) atoms. The number of benzene rings is 1. The Morgan fingerprint density at radius 2 is 1.88 bits per heavy atom. The molecule has 0 radical (unpaired) electrons. The fourth-order valence-electron chi connectivity index (χ4n) is 3.65. The maximum Gasteiger partial charge on any atom is 0.303 e. The number of aryl methyl sites for hydroxylation is 1. The summed E-state index contributed by atoms with van der Waals surface area (Å²) in [6.07, 6.45) is 2.03. The predicted octanol–water partition coefficient (Wildman–Crippen LogP) is 3.58. The van der Waals surface area contributed by atoms with Crippen LogP contribution in [0.3, 0.4) is 0 Å². The highest BCUT2D eigenvalue weighted by Gasteiger charge is 2.27. The molecule has 0 unspecified atom stereocenters. The van der Waals surface area contributed by atoms with Crippen molar-refractivity contribution in [1.82, 2.24) is 10.3 Å². The van der Waals surface area contributed by atoms with Crippen molar-refractivity contribution >= 4 is 38.8 Å². The number of carboxylic acids is 1. The molecular weight excluding hydrogens is 465 g/mol. The van der Waals surface area contributed by atoms with Gasteiger partial charge in [-0.05, 0) is 55.2 Å². The molecule has 0 saturated heterocycles. The highest BCUT2D eigenvalue weighted by atomic mass is 32.2. The van der Waals surface area contributed by atoms with Crippen LogP contribution in [0, 0.1) is 5.82 Å². The number of pyridine rings is 1. The Bertz CT molecular complexity index is 1320. The van der Waals surface area contributed by atoms with Crippen LogP contribution >= 0.6 is 0 Å². The molecule has 9 nitrogen and oxygen atoms in total. The number of aliphatic carboxylic acids is 1. The predicted molar refractivity (Wildman–Crippen MR) is 126 cm³/mol. The van der Waals surface area contributed by atoms with Crippen LogP contribution in [0.2, 0.25) is 0 Å². The Labute approximate surface area is 196 Å². The van der Waals surface area contributed by atoms with Gasteiger partial charge in [-0.25, -0.2) is 12.8 Å². The van der Waals surface area contributed by atoms with Gasteiger partial charge in [-0.1, -0.05) is 6.92 Å². The van der Waals surface area contributed by atoms with Gasteiger partial charge in [-0.2, -0.15) is 4.98 Å². The normalized spacial score (nSPS) is 11.5. The quantitative estimate of drug-likeness (QED) is 0.415. The van der Waals surface area contributed by atoms with Crippen molar-refractivity contribution in [1.29, 1.82) is 0 Å². The number of sulfonamides is 1. The summed E-state index contributed by atoms with van der Waals surface area (Å²) in [6.45, 7) is 1.88. The van der Waals surface area contributed by atoms with Gasteiger partial charge < -0.3 is 14.8 Å². The molecule has 1 aromatic carbocycles. The first-order chi connectivity index (χ1) is 16.1. The zero-order chi connectivity index (χ0) is 25.0. The van der Waals surface area contributed by atoms with E-state index in [4.69, 9.17) is 9.52 Å². The van der Waals surface area contributed by atoms with Crippen molar-refractivity contribution in [2.45, 2.75) is 32.6 Å². The number of nitrogens with one attached hydrogen (secondary N) is 1. The van der Waals surface area contributed by atoms with Crippen molar-refractivity contribution in [3.05, 3.63) is 47.3 Å². The molecule has 3 rings (SSSR count). The van der Waals surface area contributed by atoms with Gasteiger partial charge in [-0.3, -0.25) is 13.9 Å². The van der Waals surface area contributed by atoms with E-state index in [0.29, 0.717) is 35.8 Å². The van der Waals surface area contributed by atoms with Gasteiger partial charge in [0.1, 0.15) is 17.4 Å². The molecule has 0 atom stereocenters. The maximum atomic E-state index is 13.4. The molecule has 1 amide bonds. The SMILES string of the molecule is CCc1cc2c(C(=O)NC)c(-c3ccc(F)cc3)oc2nc1N(CCCCC(=O)O)S(C)(=O)=O. The van der Waals surface area contributed by atoms with Gasteiger partial charge in [0.05, 0.1) is 17.2 Å². The molecule has 2 heterocycles. The zero-order valence-corrected chi connectivity index (χ0v) is 19.9. The van der Waals surface area contributed by atoms with Crippen molar-refractivity contribution < 1.29 is 31.9 Å². The minimum Gasteiger partial charge on any atom is -0.481 e. The van der Waals surface area contributed by atoms with Crippen LogP contribution in [0.15, 0.2) is 34.7 Å². The summed E-state index contributed by atoms with van der Waals surface area (Å²) in [6, 6.07) is 7.12. The molecule has 0 spiro atoms. The summed E-state index contributed by atoms with van der Waals surface area (Å²) in [5.74, 6) is -1.47. The molecule has 0 aliphatic rings. The van der Waals surface area contributed by atoms with E-state index in [-0.39, 0.29) is 35.8 Å². The van der Waals surface area contributed by atoms with Crippen molar-refractivity contribution in [3.8, 4) is 11.3 Å². The van der Waals surface area contributed by atoms with Crippen LogP contribution < -0.4 is 9.62 Å². The lowest BCUT2D eigenvalue weighted by Crippen LogP contribution is -2.32. The number of rotatable bonds is 10. The van der Waals surface area contributed by atoms with Gasteiger partial charge in [0.15, 0.2) is 0 Å². The fraction of sp³-hybridized carbons (Fsp3) is 0.348. The molecule has 0 saturated carbocycles. The number of hydrogen-bond donors (Lipinski definition) is 2. The number of amides is 1. The lowest BCUT2D eigenvalue weighted by molar-refractivity contribution is -0.137. The number of anilines is 1. The average molecular weight is 492 g/mol. The van der Waals surface area contributed by atoms with Gasteiger partial charge in [0.25, 0.3) is 5.91 Å². The Balaban J connectivity index is 2.17. The van der Waals surface area contributed by atoms with Gasteiger partial charge >= 0.3 is 5.97 Å². The number of halogens is 1. The minimum absolute atomic E-state index is 0.0471. The largest absolute Gasteiger partial charge is 0.481 e. The van der Waals surface area contributed by atoms with E-state index in [1.165, 1.54) is 31.3 Å². The number of unbranched alkanes of at least 4 members (excludes halogenated alkanes) is 1. The summed E-state index contributed by atoms with van der Waals surface area (Å²) >= 11 is 0. The summed E-state index contributed by atoms with van der Waals surface area (Å²) < 4.78 is 45.7. The number of aromatic nitrogens is 1. The lowest BCUT2D eigenvalue weighted by atomic mass is 10.0. The number of nitrogens with zero attached hydrogens (tertiary/aromatic N) is 2. The van der Waals surface area contributed by atoms with Gasteiger partial charge in [-0.15, -0.1) is 0 Å². The zero-order valence-electron chi connectivity index (χ0n) is 19.1. The second-order valence-electron chi connectivity index (χ2n) is 7.76. The van der Waals surface area contributed by atoms with Crippen LogP contribution in [0.1, 0.15) is 42.1 Å². The van der Waals surface area contributed by atoms with E-state index in [1.54, 1.807) is 6.07 Å². The Morgan fingerprint density at radius 3 is 2.44 bits per heavy atom. The number of fused-ring (bicyclic) bond motifs is 1. The van der Waals surface area contributed by atoms with Crippen molar-refractivity contribution in [3.63, 3.8) is 0 Å². The number of hydrogen-bond acceptors (Lipinski definition) is 6. The molecule has 11 heteroatoms. The van der Waals surface area contributed by atoms with Gasteiger partial charge in [0.2, 0.25) is 15.7 Å². The Kier molecular flexibility index (Phi) is 7.55. The van der Waals surface area contributed by atoms with Gasteiger partial charge in [0, 0.05) is 25.6 Å². The summed E-state index contributed by atoms with van der Waals surface area (Å²) in [5, 5.41) is 11.8. The molecule has 182 valence electrons. The third-order valence-electron chi connectivity index (χ3n) is 5.32. The third kappa shape index (κ3) is 5.36. The monoisotopic (exact) mass is 491 g/mol. The van der Waals surface area contributed by atoms with E-state index in [1.807, 2.05) is 6.92 Å². The second-order valence-corrected chi connectivity index (χ2v) is 9.66. The summed E-state index contributed by atoms with van der Waals surface area (Å²) in [7, 11) is -2.27. The smallest absolute Gasteiger partial charge is 0.303 e. The third-order valence-corrected chi connectivity index (χ3v) is 6.47. The van der Waals surface area contributed by atoms with Crippen molar-refractivity contribution in [2.24, 2.45) is 0 Å². The topological polar surface area (TPSA) is 130 Å². The summed E-state index contributed by atoms with van der Waals surface area (Å²) in [5.41, 5.74) is 1.31. The van der Waals surface area contributed by atoms with E-state index >= 15 is 0 Å². The molecule has 2 N–H and O–H groups in total. The molecule has 3 aromatic rings. The van der Waals surface area contributed by atoms with Crippen molar-refractivity contribution in [2.75, 3.05) is 24.2 Å². The molecule has 0 fully saturated rings. The van der Waals surface area contributed by atoms with Crippen LogP contribution in [0.5, 0.6) is 0 Å². The number of carbonyl (C=O) groups excluding carboxylic acids is 1. The highest BCUT2D eigenvalue weighted by Crippen LogP contribution is 2.36. The number of furan rings is 1. The van der Waals surface area contributed by atoms with Crippen LogP contribution in [-0.4, -0.2) is 50.2 Å². The van der Waals surface area contributed by atoms with Crippen LogP contribution in [0.25, 0.3) is 22.4 Å². The number of carboxylic acid groups (broad SMARTS) is 1. The van der Waals surface area contributed by atoms with E-state index in [0.717, 1.165) is 10.6 Å². The molecular formula is C23H26FN3O6S.